The highest BCUT2D eigenvalue weighted by atomic mass is 16.2. The van der Waals surface area contributed by atoms with E-state index < -0.39 is 12.1 Å². The Labute approximate surface area is 113 Å². The second kappa shape index (κ2) is 6.89. The summed E-state index contributed by atoms with van der Waals surface area (Å²) in [4.78, 5) is 24.1. The largest absolute Gasteiger partial charge is 0.351 e. The number of hydrogen-bond acceptors (Lipinski definition) is 3. The molecule has 5 nitrogen and oxygen atoms in total. The number of amides is 3. The van der Waals surface area contributed by atoms with Gasteiger partial charge in [0.15, 0.2) is 0 Å². The van der Waals surface area contributed by atoms with Gasteiger partial charge in [0.2, 0.25) is 5.91 Å². The van der Waals surface area contributed by atoms with Crippen LogP contribution in [0.15, 0.2) is 24.3 Å². The zero-order valence-electron chi connectivity index (χ0n) is 11.6. The number of benzene rings is 1. The highest BCUT2D eigenvalue weighted by molar-refractivity contribution is 5.96. The van der Waals surface area contributed by atoms with Gasteiger partial charge in [-0.25, -0.2) is 4.79 Å². The molecular formula is C14H21N3O2. The van der Waals surface area contributed by atoms with Crippen molar-refractivity contribution in [2.75, 3.05) is 7.05 Å². The summed E-state index contributed by atoms with van der Waals surface area (Å²) < 4.78 is 0. The lowest BCUT2D eigenvalue weighted by atomic mass is 10.1. The van der Waals surface area contributed by atoms with Gasteiger partial charge in [0.1, 0.15) is 0 Å². The van der Waals surface area contributed by atoms with Crippen molar-refractivity contribution in [1.29, 1.82) is 0 Å². The summed E-state index contributed by atoms with van der Waals surface area (Å²) in [5.41, 5.74) is 7.33. The quantitative estimate of drug-likeness (QED) is 0.840. The predicted octanol–water partition coefficient (Wildman–Crippen LogP) is 1.26. The first-order valence-electron chi connectivity index (χ1n) is 6.32. The standard InChI is InChI=1S/C14H21N3O2/c1-4-11-5-7-12(8-6-11)9-17(3)10(2)13(18)16-14(15)19/h5-8,10H,4,9H2,1-3H3,(H3,15,16,18,19)/t10-/m1/s1. The number of imide groups is 1. The summed E-state index contributed by atoms with van der Waals surface area (Å²) in [5, 5.41) is 2.09. The summed E-state index contributed by atoms with van der Waals surface area (Å²) >= 11 is 0. The Morgan fingerprint density at radius 2 is 1.79 bits per heavy atom. The van der Waals surface area contributed by atoms with E-state index in [4.69, 9.17) is 5.73 Å². The smallest absolute Gasteiger partial charge is 0.318 e. The Kier molecular flexibility index (Phi) is 5.51. The SMILES string of the molecule is CCc1ccc(CN(C)[C@H](C)C(=O)NC(N)=O)cc1. The van der Waals surface area contributed by atoms with Crippen LogP contribution in [0.3, 0.4) is 0 Å². The van der Waals surface area contributed by atoms with Gasteiger partial charge in [0, 0.05) is 6.54 Å². The molecule has 3 amide bonds. The molecular weight excluding hydrogens is 242 g/mol. The van der Waals surface area contributed by atoms with E-state index in [0.717, 1.165) is 12.0 Å². The van der Waals surface area contributed by atoms with Gasteiger partial charge in [-0.05, 0) is 31.5 Å². The van der Waals surface area contributed by atoms with E-state index in [1.54, 1.807) is 6.92 Å². The fraction of sp³-hybridized carbons (Fsp3) is 0.429. The van der Waals surface area contributed by atoms with Gasteiger partial charge >= 0.3 is 6.03 Å². The number of urea groups is 1. The molecule has 0 spiro atoms. The van der Waals surface area contributed by atoms with Crippen molar-refractivity contribution in [1.82, 2.24) is 10.2 Å². The third-order valence-electron chi connectivity index (χ3n) is 3.15. The molecule has 0 bridgehead atoms. The van der Waals surface area contributed by atoms with Crippen molar-refractivity contribution in [3.8, 4) is 0 Å². The third-order valence-corrected chi connectivity index (χ3v) is 3.15. The van der Waals surface area contributed by atoms with Crippen molar-refractivity contribution in [3.63, 3.8) is 0 Å². The number of carbonyl (C=O) groups excluding carboxylic acids is 2. The number of nitrogens with one attached hydrogen (secondary N) is 1. The Balaban J connectivity index is 2.59. The summed E-state index contributed by atoms with van der Waals surface area (Å²) in [6, 6.07) is 7.02. The van der Waals surface area contributed by atoms with Gasteiger partial charge in [-0.3, -0.25) is 15.0 Å². The molecule has 0 fully saturated rings. The zero-order valence-corrected chi connectivity index (χ0v) is 11.6. The van der Waals surface area contributed by atoms with Crippen LogP contribution in [0.1, 0.15) is 25.0 Å². The first-order valence-corrected chi connectivity index (χ1v) is 6.32. The minimum atomic E-state index is -0.822. The van der Waals surface area contributed by atoms with Crippen LogP contribution in [-0.4, -0.2) is 29.9 Å². The molecule has 0 unspecified atom stereocenters. The Morgan fingerprint density at radius 3 is 2.26 bits per heavy atom. The van der Waals surface area contributed by atoms with Gasteiger partial charge in [0.25, 0.3) is 0 Å². The van der Waals surface area contributed by atoms with Crippen molar-refractivity contribution in [2.45, 2.75) is 32.9 Å². The van der Waals surface area contributed by atoms with E-state index in [1.807, 2.05) is 24.1 Å². The maximum Gasteiger partial charge on any atom is 0.318 e. The molecule has 3 N–H and O–H groups in total. The third kappa shape index (κ3) is 4.71. The molecule has 0 aliphatic heterocycles. The molecule has 0 aliphatic carbocycles. The number of rotatable bonds is 5. The molecule has 1 atom stereocenters. The molecule has 0 heterocycles. The fourth-order valence-corrected chi connectivity index (χ4v) is 1.73. The van der Waals surface area contributed by atoms with Crippen molar-refractivity contribution < 1.29 is 9.59 Å². The molecule has 1 aromatic rings. The molecule has 0 aromatic heterocycles. The van der Waals surface area contributed by atoms with Crippen LogP contribution in [0.2, 0.25) is 0 Å². The average Bonchev–Trinajstić information content (AvgIpc) is 2.37. The summed E-state index contributed by atoms with van der Waals surface area (Å²) in [7, 11) is 1.83. The highest BCUT2D eigenvalue weighted by Gasteiger charge is 2.19. The Bertz CT molecular complexity index is 443. The van der Waals surface area contributed by atoms with Crippen molar-refractivity contribution in [2.24, 2.45) is 5.73 Å². The van der Waals surface area contributed by atoms with E-state index in [9.17, 15) is 9.59 Å². The lowest BCUT2D eigenvalue weighted by molar-refractivity contribution is -0.124. The van der Waals surface area contributed by atoms with Gasteiger partial charge in [-0.15, -0.1) is 0 Å². The lowest BCUT2D eigenvalue weighted by Gasteiger charge is -2.23. The number of primary amides is 1. The van der Waals surface area contributed by atoms with E-state index >= 15 is 0 Å². The summed E-state index contributed by atoms with van der Waals surface area (Å²) in [6.07, 6.45) is 1.01. The average molecular weight is 263 g/mol. The molecule has 0 saturated carbocycles. The first-order chi connectivity index (χ1) is 8.93. The van der Waals surface area contributed by atoms with Gasteiger partial charge < -0.3 is 5.73 Å². The van der Waals surface area contributed by atoms with Crippen LogP contribution in [0.4, 0.5) is 4.79 Å². The number of hydrogen-bond donors (Lipinski definition) is 2. The number of likely N-dealkylation sites (N-methyl/N-ethyl adjacent to an activating group) is 1. The van der Waals surface area contributed by atoms with Gasteiger partial charge in [0.05, 0.1) is 6.04 Å². The van der Waals surface area contributed by atoms with Crippen LogP contribution in [0.5, 0.6) is 0 Å². The number of nitrogens with zero attached hydrogens (tertiary/aromatic N) is 1. The van der Waals surface area contributed by atoms with Crippen LogP contribution >= 0.6 is 0 Å². The van der Waals surface area contributed by atoms with Crippen LogP contribution < -0.4 is 11.1 Å². The van der Waals surface area contributed by atoms with Gasteiger partial charge in [-0.2, -0.15) is 0 Å². The van der Waals surface area contributed by atoms with Crippen LogP contribution in [0, 0.1) is 0 Å². The van der Waals surface area contributed by atoms with Crippen LogP contribution in [-0.2, 0) is 17.8 Å². The Hall–Kier alpha value is -1.88. The molecule has 1 aromatic carbocycles. The molecule has 0 aliphatic rings. The maximum atomic E-state index is 11.6. The number of aryl methyl sites for hydroxylation is 1. The van der Waals surface area contributed by atoms with E-state index in [0.29, 0.717) is 6.54 Å². The summed E-state index contributed by atoms with van der Waals surface area (Å²) in [5.74, 6) is -0.389. The molecule has 1 rings (SSSR count). The van der Waals surface area contributed by atoms with Crippen molar-refractivity contribution in [3.05, 3.63) is 35.4 Å². The van der Waals surface area contributed by atoms with E-state index in [2.05, 4.69) is 24.4 Å². The van der Waals surface area contributed by atoms with Crippen molar-refractivity contribution >= 4 is 11.9 Å². The first kappa shape index (κ1) is 15.2. The predicted molar refractivity (Wildman–Crippen MR) is 74.5 cm³/mol. The summed E-state index contributed by atoms with van der Waals surface area (Å²) in [6.45, 7) is 4.48. The monoisotopic (exact) mass is 263 g/mol. The topological polar surface area (TPSA) is 75.4 Å². The molecule has 5 heteroatoms. The highest BCUT2D eigenvalue weighted by Crippen LogP contribution is 2.09. The van der Waals surface area contributed by atoms with E-state index in [-0.39, 0.29) is 5.91 Å². The fourth-order valence-electron chi connectivity index (χ4n) is 1.73. The molecule has 104 valence electrons. The number of carbonyl (C=O) groups is 2. The number of nitrogens with two attached hydrogens (primary N) is 1. The van der Waals surface area contributed by atoms with E-state index in [1.165, 1.54) is 5.56 Å². The minimum absolute atomic E-state index is 0.389. The Morgan fingerprint density at radius 1 is 1.26 bits per heavy atom. The zero-order chi connectivity index (χ0) is 14.4. The van der Waals surface area contributed by atoms with Gasteiger partial charge in [-0.1, -0.05) is 31.2 Å². The second-order valence-electron chi connectivity index (χ2n) is 4.61. The van der Waals surface area contributed by atoms with Crippen LogP contribution in [0.25, 0.3) is 0 Å². The minimum Gasteiger partial charge on any atom is -0.351 e. The normalized spacial score (nSPS) is 12.2. The lowest BCUT2D eigenvalue weighted by Crippen LogP contribution is -2.46. The maximum absolute atomic E-state index is 11.6. The molecule has 19 heavy (non-hydrogen) atoms. The molecule has 0 radical (unpaired) electrons. The molecule has 0 saturated heterocycles. The second-order valence-corrected chi connectivity index (χ2v) is 4.61.